The van der Waals surface area contributed by atoms with Gasteiger partial charge in [-0.3, -0.25) is 9.48 Å². The summed E-state index contributed by atoms with van der Waals surface area (Å²) in [5, 5.41) is 11.8. The maximum absolute atomic E-state index is 12.9. The van der Waals surface area contributed by atoms with Crippen LogP contribution in [0.2, 0.25) is 0 Å². The molecule has 6 heteroatoms. The van der Waals surface area contributed by atoms with E-state index < -0.39 is 0 Å². The average molecular weight is 378 g/mol. The highest BCUT2D eigenvalue weighted by molar-refractivity contribution is 6.04. The SMILES string of the molecule is Cc1nn(C(C)c2ccccc2)c(C)c1NC(=O)c1noc2c1CCCC2C. The van der Waals surface area contributed by atoms with Gasteiger partial charge in [0.15, 0.2) is 5.69 Å². The number of carbonyl (C=O) groups excluding carboxylic acids is 1. The molecule has 0 bridgehead atoms. The predicted octanol–water partition coefficient (Wildman–Crippen LogP) is 4.79. The summed E-state index contributed by atoms with van der Waals surface area (Å²) in [7, 11) is 0. The second-order valence-electron chi connectivity index (χ2n) is 7.70. The molecule has 0 fully saturated rings. The van der Waals surface area contributed by atoms with Gasteiger partial charge in [0, 0.05) is 11.5 Å². The first-order valence-electron chi connectivity index (χ1n) is 9.87. The standard InChI is InChI=1S/C22H26N4O2/c1-13-9-8-12-18-20(25-28-21(13)18)22(27)23-19-14(2)24-26(16(19)4)15(3)17-10-6-5-7-11-17/h5-7,10-11,13,15H,8-9,12H2,1-4H3,(H,23,27). The Kier molecular flexibility index (Phi) is 4.79. The van der Waals surface area contributed by atoms with Crippen molar-refractivity contribution >= 4 is 11.6 Å². The van der Waals surface area contributed by atoms with Crippen molar-refractivity contribution in [2.75, 3.05) is 5.32 Å². The second-order valence-corrected chi connectivity index (χ2v) is 7.70. The van der Waals surface area contributed by atoms with Gasteiger partial charge in [0.25, 0.3) is 5.91 Å². The summed E-state index contributed by atoms with van der Waals surface area (Å²) in [6.07, 6.45) is 2.97. The average Bonchev–Trinajstić information content (AvgIpc) is 3.25. The van der Waals surface area contributed by atoms with E-state index in [-0.39, 0.29) is 11.9 Å². The Balaban J connectivity index is 1.61. The molecule has 0 saturated carbocycles. The zero-order valence-corrected chi connectivity index (χ0v) is 16.8. The third-order valence-corrected chi connectivity index (χ3v) is 5.76. The highest BCUT2D eigenvalue weighted by Crippen LogP contribution is 2.34. The van der Waals surface area contributed by atoms with Gasteiger partial charge in [0.2, 0.25) is 0 Å². The molecular weight excluding hydrogens is 352 g/mol. The van der Waals surface area contributed by atoms with E-state index in [9.17, 15) is 4.79 Å². The number of anilines is 1. The topological polar surface area (TPSA) is 73.0 Å². The van der Waals surface area contributed by atoms with Crippen molar-refractivity contribution in [1.29, 1.82) is 0 Å². The van der Waals surface area contributed by atoms with Gasteiger partial charge < -0.3 is 9.84 Å². The van der Waals surface area contributed by atoms with E-state index in [1.54, 1.807) is 0 Å². The first-order chi connectivity index (χ1) is 13.5. The number of hydrogen-bond donors (Lipinski definition) is 1. The van der Waals surface area contributed by atoms with Gasteiger partial charge in [-0.05, 0) is 45.6 Å². The van der Waals surface area contributed by atoms with Crippen molar-refractivity contribution in [2.45, 2.75) is 58.9 Å². The maximum atomic E-state index is 12.9. The number of nitrogens with zero attached hydrogens (tertiary/aromatic N) is 3. The molecular formula is C22H26N4O2. The third kappa shape index (κ3) is 3.13. The molecule has 1 aliphatic rings. The van der Waals surface area contributed by atoms with Crippen LogP contribution in [-0.4, -0.2) is 20.8 Å². The van der Waals surface area contributed by atoms with Crippen molar-refractivity contribution in [3.05, 3.63) is 64.3 Å². The van der Waals surface area contributed by atoms with Crippen molar-refractivity contribution in [1.82, 2.24) is 14.9 Å². The number of nitrogens with one attached hydrogen (secondary N) is 1. The Labute approximate surface area is 164 Å². The molecule has 1 N–H and O–H groups in total. The second kappa shape index (κ2) is 7.26. The van der Waals surface area contributed by atoms with Gasteiger partial charge in [-0.1, -0.05) is 42.4 Å². The van der Waals surface area contributed by atoms with Crippen LogP contribution in [-0.2, 0) is 6.42 Å². The molecule has 1 aliphatic carbocycles. The smallest absolute Gasteiger partial charge is 0.278 e. The lowest BCUT2D eigenvalue weighted by atomic mass is 9.88. The van der Waals surface area contributed by atoms with E-state index in [4.69, 9.17) is 4.52 Å². The number of benzene rings is 1. The van der Waals surface area contributed by atoms with Gasteiger partial charge in [-0.2, -0.15) is 5.10 Å². The van der Waals surface area contributed by atoms with E-state index >= 15 is 0 Å². The first-order valence-corrected chi connectivity index (χ1v) is 9.87. The largest absolute Gasteiger partial charge is 0.360 e. The van der Waals surface area contributed by atoms with Gasteiger partial charge in [-0.15, -0.1) is 0 Å². The van der Waals surface area contributed by atoms with Crippen LogP contribution < -0.4 is 5.32 Å². The number of aryl methyl sites for hydroxylation is 1. The number of hydrogen-bond acceptors (Lipinski definition) is 4. The van der Waals surface area contributed by atoms with Crippen LogP contribution in [0.15, 0.2) is 34.9 Å². The Hall–Kier alpha value is -2.89. The van der Waals surface area contributed by atoms with Crippen LogP contribution in [0.5, 0.6) is 0 Å². The summed E-state index contributed by atoms with van der Waals surface area (Å²) in [5.74, 6) is 0.950. The molecule has 1 amide bonds. The fraction of sp³-hybridized carbons (Fsp3) is 0.409. The van der Waals surface area contributed by atoms with Gasteiger partial charge >= 0.3 is 0 Å². The van der Waals surface area contributed by atoms with Crippen LogP contribution in [0, 0.1) is 13.8 Å². The molecule has 0 spiro atoms. The highest BCUT2D eigenvalue weighted by atomic mass is 16.5. The lowest BCUT2D eigenvalue weighted by molar-refractivity contribution is 0.101. The fourth-order valence-corrected chi connectivity index (χ4v) is 4.11. The van der Waals surface area contributed by atoms with Gasteiger partial charge in [0.05, 0.1) is 23.1 Å². The molecule has 4 rings (SSSR count). The quantitative estimate of drug-likeness (QED) is 0.708. The summed E-state index contributed by atoms with van der Waals surface area (Å²) in [5.41, 5.74) is 4.99. The molecule has 2 heterocycles. The zero-order chi connectivity index (χ0) is 19.8. The minimum atomic E-state index is -0.225. The molecule has 2 aromatic heterocycles. The molecule has 0 radical (unpaired) electrons. The zero-order valence-electron chi connectivity index (χ0n) is 16.8. The van der Waals surface area contributed by atoms with Crippen LogP contribution in [0.4, 0.5) is 5.69 Å². The molecule has 2 atom stereocenters. The minimum absolute atomic E-state index is 0.0752. The van der Waals surface area contributed by atoms with E-state index in [0.29, 0.717) is 11.6 Å². The molecule has 2 unspecified atom stereocenters. The molecule has 146 valence electrons. The van der Waals surface area contributed by atoms with Crippen molar-refractivity contribution in [3.8, 4) is 0 Å². The van der Waals surface area contributed by atoms with Gasteiger partial charge in [0.1, 0.15) is 5.76 Å². The number of carbonyl (C=O) groups is 1. The first kappa shape index (κ1) is 18.5. The van der Waals surface area contributed by atoms with Crippen LogP contribution in [0.25, 0.3) is 0 Å². The number of amides is 1. The van der Waals surface area contributed by atoms with Crippen LogP contribution in [0.1, 0.15) is 77.4 Å². The molecule has 0 aliphatic heterocycles. The van der Waals surface area contributed by atoms with Crippen molar-refractivity contribution in [3.63, 3.8) is 0 Å². The fourth-order valence-electron chi connectivity index (χ4n) is 4.11. The van der Waals surface area contributed by atoms with E-state index in [1.165, 1.54) is 5.56 Å². The Morgan fingerprint density at radius 2 is 2.04 bits per heavy atom. The summed E-state index contributed by atoms with van der Waals surface area (Å²) in [6, 6.07) is 10.3. The summed E-state index contributed by atoms with van der Waals surface area (Å²) in [4.78, 5) is 12.9. The molecule has 0 saturated heterocycles. The van der Waals surface area contributed by atoms with E-state index in [2.05, 4.69) is 41.6 Å². The highest BCUT2D eigenvalue weighted by Gasteiger charge is 2.29. The molecule has 3 aromatic rings. The van der Waals surface area contributed by atoms with Crippen LogP contribution >= 0.6 is 0 Å². The minimum Gasteiger partial charge on any atom is -0.360 e. The summed E-state index contributed by atoms with van der Waals surface area (Å²) >= 11 is 0. The monoisotopic (exact) mass is 378 g/mol. The normalized spacial score (nSPS) is 17.2. The molecule has 1 aromatic carbocycles. The van der Waals surface area contributed by atoms with Crippen molar-refractivity contribution < 1.29 is 9.32 Å². The van der Waals surface area contributed by atoms with Crippen LogP contribution in [0.3, 0.4) is 0 Å². The van der Waals surface area contributed by atoms with Crippen molar-refractivity contribution in [2.24, 2.45) is 0 Å². The lowest BCUT2D eigenvalue weighted by Gasteiger charge is -2.16. The number of fused-ring (bicyclic) bond motifs is 1. The maximum Gasteiger partial charge on any atom is 0.278 e. The third-order valence-electron chi connectivity index (χ3n) is 5.76. The van der Waals surface area contributed by atoms with E-state index in [0.717, 1.165) is 47.7 Å². The predicted molar refractivity (Wildman–Crippen MR) is 108 cm³/mol. The number of aromatic nitrogens is 3. The Bertz CT molecular complexity index is 1000. The van der Waals surface area contributed by atoms with E-state index in [1.807, 2.05) is 36.7 Å². The Morgan fingerprint density at radius 1 is 1.29 bits per heavy atom. The lowest BCUT2D eigenvalue weighted by Crippen LogP contribution is -2.17. The number of rotatable bonds is 4. The summed E-state index contributed by atoms with van der Waals surface area (Å²) in [6.45, 7) is 8.12. The molecule has 6 nitrogen and oxygen atoms in total. The molecule has 28 heavy (non-hydrogen) atoms. The summed E-state index contributed by atoms with van der Waals surface area (Å²) < 4.78 is 7.45. The van der Waals surface area contributed by atoms with Gasteiger partial charge in [-0.25, -0.2) is 0 Å². The Morgan fingerprint density at radius 3 is 2.79 bits per heavy atom.